The first-order chi connectivity index (χ1) is 21.1. The maximum absolute atomic E-state index is 12.9. The topological polar surface area (TPSA) is 119 Å². The Hall–Kier alpha value is -4.91. The van der Waals surface area contributed by atoms with Gasteiger partial charge in [0, 0.05) is 55.5 Å². The van der Waals surface area contributed by atoms with Crippen molar-refractivity contribution in [1.29, 1.82) is 0 Å². The van der Waals surface area contributed by atoms with Gasteiger partial charge in [0.1, 0.15) is 17.8 Å². The number of aromatic nitrogens is 4. The molecule has 0 bridgehead atoms. The molecule has 3 aromatic heterocycles. The van der Waals surface area contributed by atoms with Crippen molar-refractivity contribution in [1.82, 2.24) is 25.3 Å². The van der Waals surface area contributed by atoms with E-state index in [1.165, 1.54) is 19.3 Å². The molecule has 0 spiro atoms. The monoisotopic (exact) mass is 576 g/mol. The first kappa shape index (κ1) is 28.2. The number of nitrogens with zero attached hydrogens (tertiary/aromatic N) is 5. The molecule has 3 N–H and O–H groups in total. The fourth-order valence-corrected chi connectivity index (χ4v) is 5.97. The predicted octanol–water partition coefficient (Wildman–Crippen LogP) is 4.30. The van der Waals surface area contributed by atoms with Crippen molar-refractivity contribution in [2.75, 3.05) is 41.3 Å². The van der Waals surface area contributed by atoms with Crippen molar-refractivity contribution in [2.45, 2.75) is 51.5 Å². The van der Waals surface area contributed by atoms with E-state index in [9.17, 15) is 9.59 Å². The second-order valence-electron chi connectivity index (χ2n) is 11.1. The number of nitrogens with one attached hydrogen (secondary N) is 3. The molecule has 2 aliphatic heterocycles. The number of piperidine rings is 2. The predicted molar refractivity (Wildman–Crippen MR) is 169 cm³/mol. The van der Waals surface area contributed by atoms with Crippen molar-refractivity contribution in [3.63, 3.8) is 0 Å². The Morgan fingerprint density at radius 1 is 0.977 bits per heavy atom. The number of pyridine rings is 1. The molecule has 5 heterocycles. The second kappa shape index (κ2) is 12.9. The van der Waals surface area contributed by atoms with Gasteiger partial charge in [-0.25, -0.2) is 9.97 Å². The van der Waals surface area contributed by atoms with Crippen LogP contribution in [0.2, 0.25) is 0 Å². The minimum absolute atomic E-state index is 0.0407. The number of aromatic amines is 1. The highest BCUT2D eigenvalue weighted by Gasteiger charge is 2.22. The van der Waals surface area contributed by atoms with E-state index >= 15 is 0 Å². The summed E-state index contributed by atoms with van der Waals surface area (Å²) >= 11 is 0. The van der Waals surface area contributed by atoms with Crippen molar-refractivity contribution >= 4 is 40.0 Å². The average Bonchev–Trinajstić information content (AvgIpc) is 3.47. The van der Waals surface area contributed by atoms with Gasteiger partial charge < -0.3 is 25.4 Å². The maximum Gasteiger partial charge on any atom is 0.296 e. The largest absolute Gasteiger partial charge is 0.369 e. The maximum atomic E-state index is 12.9. The van der Waals surface area contributed by atoms with Crippen LogP contribution < -0.4 is 20.4 Å². The second-order valence-corrected chi connectivity index (χ2v) is 11.1. The fourth-order valence-electron chi connectivity index (χ4n) is 5.97. The van der Waals surface area contributed by atoms with Crippen LogP contribution in [0.1, 0.15) is 44.7 Å². The Balaban J connectivity index is 1.08. The van der Waals surface area contributed by atoms with Crippen molar-refractivity contribution < 1.29 is 9.59 Å². The van der Waals surface area contributed by atoms with Gasteiger partial charge in [-0.2, -0.15) is 0 Å². The lowest BCUT2D eigenvalue weighted by molar-refractivity contribution is -0.117. The molecule has 10 heteroatoms. The molecule has 1 atom stereocenters. The Kier molecular flexibility index (Phi) is 8.50. The molecule has 0 aliphatic carbocycles. The van der Waals surface area contributed by atoms with Crippen LogP contribution >= 0.6 is 0 Å². The number of amides is 2. The van der Waals surface area contributed by atoms with Crippen molar-refractivity contribution in [3.05, 3.63) is 60.7 Å². The van der Waals surface area contributed by atoms with E-state index in [1.807, 2.05) is 36.4 Å². The zero-order chi connectivity index (χ0) is 29.6. The van der Waals surface area contributed by atoms with Gasteiger partial charge in [0.15, 0.2) is 0 Å². The normalized spacial score (nSPS) is 16.8. The number of carbonyl (C=O) groups is 2. The van der Waals surface area contributed by atoms with Crippen LogP contribution in [-0.4, -0.2) is 64.0 Å². The van der Waals surface area contributed by atoms with E-state index < -0.39 is 0 Å². The summed E-state index contributed by atoms with van der Waals surface area (Å²) in [4.78, 5) is 46.3. The van der Waals surface area contributed by atoms with Gasteiger partial charge >= 0.3 is 0 Å². The lowest BCUT2D eigenvalue weighted by atomic mass is 10.0. The SMILES string of the molecule is CC#CC(=O)NC1CCCN(c2ccnc(CC(=O)Nc3ccc(-c4cc5c(N6CCCCC6)ncnc5[nH]4)cc3)c2)C1. The molecule has 43 heavy (non-hydrogen) atoms. The van der Waals surface area contributed by atoms with Crippen LogP contribution in [0.5, 0.6) is 0 Å². The Labute approximate surface area is 251 Å². The lowest BCUT2D eigenvalue weighted by Gasteiger charge is -2.34. The van der Waals surface area contributed by atoms with E-state index in [4.69, 9.17) is 0 Å². The molecule has 6 rings (SSSR count). The zero-order valence-electron chi connectivity index (χ0n) is 24.4. The van der Waals surface area contributed by atoms with Crippen LogP contribution in [0.15, 0.2) is 55.0 Å². The highest BCUT2D eigenvalue weighted by Crippen LogP contribution is 2.30. The molecule has 2 fully saturated rings. The number of hydrogen-bond acceptors (Lipinski definition) is 7. The summed E-state index contributed by atoms with van der Waals surface area (Å²) in [5.74, 6) is 5.80. The van der Waals surface area contributed by atoms with Crippen LogP contribution in [0, 0.1) is 11.8 Å². The van der Waals surface area contributed by atoms with Gasteiger partial charge in [0.05, 0.1) is 17.5 Å². The number of fused-ring (bicyclic) bond motifs is 1. The molecule has 1 unspecified atom stereocenters. The molecular weight excluding hydrogens is 540 g/mol. The molecule has 2 aliphatic rings. The molecule has 0 radical (unpaired) electrons. The number of hydrogen-bond donors (Lipinski definition) is 3. The van der Waals surface area contributed by atoms with E-state index in [0.29, 0.717) is 12.2 Å². The van der Waals surface area contributed by atoms with Gasteiger partial charge in [-0.3, -0.25) is 14.6 Å². The van der Waals surface area contributed by atoms with Gasteiger partial charge in [-0.15, -0.1) is 0 Å². The quantitative estimate of drug-likeness (QED) is 0.281. The Morgan fingerprint density at radius 3 is 2.60 bits per heavy atom. The lowest BCUT2D eigenvalue weighted by Crippen LogP contribution is -2.47. The minimum Gasteiger partial charge on any atom is -0.369 e. The summed E-state index contributed by atoms with van der Waals surface area (Å²) in [5, 5.41) is 7.01. The van der Waals surface area contributed by atoms with E-state index in [0.717, 1.165) is 72.0 Å². The highest BCUT2D eigenvalue weighted by atomic mass is 16.2. The van der Waals surface area contributed by atoms with E-state index in [1.54, 1.807) is 19.4 Å². The summed E-state index contributed by atoms with van der Waals surface area (Å²) in [6.45, 7) is 5.28. The summed E-state index contributed by atoms with van der Waals surface area (Å²) < 4.78 is 0. The summed E-state index contributed by atoms with van der Waals surface area (Å²) in [5.41, 5.74) is 5.21. The van der Waals surface area contributed by atoms with Crippen molar-refractivity contribution in [3.8, 4) is 23.1 Å². The van der Waals surface area contributed by atoms with Gasteiger partial charge in [-0.1, -0.05) is 18.1 Å². The third kappa shape index (κ3) is 6.78. The summed E-state index contributed by atoms with van der Waals surface area (Å²) in [7, 11) is 0. The Morgan fingerprint density at radius 2 is 1.79 bits per heavy atom. The van der Waals surface area contributed by atoms with Gasteiger partial charge in [0.2, 0.25) is 5.91 Å². The number of anilines is 3. The van der Waals surface area contributed by atoms with Crippen LogP contribution in [-0.2, 0) is 16.0 Å². The molecule has 2 amide bonds. The standard InChI is InChI=1S/C33H36N8O2/c1-2-7-30(42)38-25-8-6-17-41(21-25)27-13-14-34-26(18-27)19-31(43)37-24-11-9-23(10-12-24)29-20-28-32(39-29)35-22-36-33(28)40-15-4-3-5-16-40/h9-14,18,20,22,25H,3-6,8,15-17,19,21H2,1H3,(H,37,43)(H,38,42)(H,35,36,39). The summed E-state index contributed by atoms with van der Waals surface area (Å²) in [6.07, 6.45) is 9.05. The third-order valence-electron chi connectivity index (χ3n) is 8.04. The van der Waals surface area contributed by atoms with Crippen LogP contribution in [0.4, 0.5) is 17.2 Å². The van der Waals surface area contributed by atoms with E-state index in [-0.39, 0.29) is 24.3 Å². The minimum atomic E-state index is -0.243. The number of rotatable bonds is 7. The highest BCUT2D eigenvalue weighted by molar-refractivity contribution is 5.94. The fraction of sp³-hybridized carbons (Fsp3) is 0.364. The molecule has 10 nitrogen and oxygen atoms in total. The molecule has 0 saturated carbocycles. The van der Waals surface area contributed by atoms with E-state index in [2.05, 4.69) is 58.3 Å². The van der Waals surface area contributed by atoms with Crippen molar-refractivity contribution in [2.24, 2.45) is 0 Å². The Bertz CT molecular complexity index is 1660. The van der Waals surface area contributed by atoms with Gasteiger partial charge in [0.25, 0.3) is 5.91 Å². The molecule has 4 aromatic rings. The number of H-pyrrole nitrogens is 1. The molecule has 220 valence electrons. The molecule has 2 saturated heterocycles. The first-order valence-electron chi connectivity index (χ1n) is 15.0. The van der Waals surface area contributed by atoms with Gasteiger partial charge in [-0.05, 0) is 80.8 Å². The smallest absolute Gasteiger partial charge is 0.296 e. The zero-order valence-corrected chi connectivity index (χ0v) is 24.4. The molecule has 1 aromatic carbocycles. The van der Waals surface area contributed by atoms with Crippen LogP contribution in [0.25, 0.3) is 22.3 Å². The third-order valence-corrected chi connectivity index (χ3v) is 8.04. The average molecular weight is 577 g/mol. The summed E-state index contributed by atoms with van der Waals surface area (Å²) in [6, 6.07) is 13.9. The molecular formula is C33H36N8O2. The van der Waals surface area contributed by atoms with Crippen LogP contribution in [0.3, 0.4) is 0 Å². The number of benzene rings is 1. The first-order valence-corrected chi connectivity index (χ1v) is 15.0. The number of carbonyl (C=O) groups excluding carboxylic acids is 2.